The first-order valence-electron chi connectivity index (χ1n) is 3.20. The maximum Gasteiger partial charge on any atom is 0.334 e. The van der Waals surface area contributed by atoms with Crippen LogP contribution in [0.15, 0.2) is 0 Å². The Morgan fingerprint density at radius 3 is 2.73 bits per heavy atom. The van der Waals surface area contributed by atoms with E-state index in [9.17, 15) is 4.79 Å². The largest absolute Gasteiger partial charge is 0.458 e. The SMILES string of the molecule is COCC(C)OC(=O)CON. The molecule has 0 aromatic heterocycles. The number of esters is 1. The number of nitrogens with two attached hydrogens (primary N) is 1. The highest BCUT2D eigenvalue weighted by Gasteiger charge is 2.07. The van der Waals surface area contributed by atoms with Gasteiger partial charge in [0, 0.05) is 7.11 Å². The fraction of sp³-hybridized carbons (Fsp3) is 0.833. The van der Waals surface area contributed by atoms with Crippen molar-refractivity contribution in [2.45, 2.75) is 13.0 Å². The summed E-state index contributed by atoms with van der Waals surface area (Å²) >= 11 is 0. The molecule has 0 aromatic rings. The summed E-state index contributed by atoms with van der Waals surface area (Å²) in [6, 6.07) is 0. The van der Waals surface area contributed by atoms with Crippen LogP contribution in [0.2, 0.25) is 0 Å². The van der Waals surface area contributed by atoms with E-state index in [0.717, 1.165) is 0 Å². The lowest BCUT2D eigenvalue weighted by Crippen LogP contribution is -2.23. The van der Waals surface area contributed by atoms with Gasteiger partial charge in [-0.05, 0) is 6.92 Å². The zero-order chi connectivity index (χ0) is 8.69. The standard InChI is InChI=1S/C6H13NO4/c1-5(3-9-2)11-6(8)4-10-7/h5H,3-4,7H2,1-2H3. The topological polar surface area (TPSA) is 70.8 Å². The predicted octanol–water partition coefficient (Wildman–Crippen LogP) is -0.545. The Kier molecular flexibility index (Phi) is 5.73. The molecule has 0 saturated heterocycles. The summed E-state index contributed by atoms with van der Waals surface area (Å²) < 4.78 is 9.50. The van der Waals surface area contributed by atoms with Crippen molar-refractivity contribution in [2.24, 2.45) is 5.90 Å². The highest BCUT2D eigenvalue weighted by Crippen LogP contribution is 1.91. The summed E-state index contributed by atoms with van der Waals surface area (Å²) in [5.41, 5.74) is 0. The van der Waals surface area contributed by atoms with Crippen LogP contribution in [0.25, 0.3) is 0 Å². The monoisotopic (exact) mass is 163 g/mol. The smallest absolute Gasteiger partial charge is 0.334 e. The fourth-order valence-corrected chi connectivity index (χ4v) is 0.595. The van der Waals surface area contributed by atoms with Gasteiger partial charge in [-0.15, -0.1) is 0 Å². The van der Waals surface area contributed by atoms with E-state index in [1.54, 1.807) is 6.92 Å². The van der Waals surface area contributed by atoms with Crippen LogP contribution in [0.3, 0.4) is 0 Å². The maximum atomic E-state index is 10.6. The lowest BCUT2D eigenvalue weighted by molar-refractivity contribution is -0.155. The van der Waals surface area contributed by atoms with Crippen LogP contribution in [-0.2, 0) is 19.1 Å². The molecule has 0 aliphatic heterocycles. The van der Waals surface area contributed by atoms with Crippen LogP contribution in [0.1, 0.15) is 6.92 Å². The molecule has 0 rings (SSSR count). The maximum absolute atomic E-state index is 10.6. The van der Waals surface area contributed by atoms with E-state index >= 15 is 0 Å². The van der Waals surface area contributed by atoms with E-state index in [0.29, 0.717) is 6.61 Å². The number of carbonyl (C=O) groups is 1. The lowest BCUT2D eigenvalue weighted by atomic mass is 10.4. The summed E-state index contributed by atoms with van der Waals surface area (Å²) in [7, 11) is 1.53. The molecular weight excluding hydrogens is 150 g/mol. The van der Waals surface area contributed by atoms with Gasteiger partial charge in [0.2, 0.25) is 0 Å². The zero-order valence-electron chi connectivity index (χ0n) is 6.70. The van der Waals surface area contributed by atoms with E-state index in [4.69, 9.17) is 9.47 Å². The van der Waals surface area contributed by atoms with Gasteiger partial charge in [-0.25, -0.2) is 10.7 Å². The Morgan fingerprint density at radius 2 is 2.27 bits per heavy atom. The van der Waals surface area contributed by atoms with Crippen LogP contribution < -0.4 is 5.90 Å². The van der Waals surface area contributed by atoms with Crippen LogP contribution in [0.5, 0.6) is 0 Å². The first kappa shape index (κ1) is 10.3. The van der Waals surface area contributed by atoms with Crippen LogP contribution in [0, 0.1) is 0 Å². The van der Waals surface area contributed by atoms with Gasteiger partial charge in [0.1, 0.15) is 6.10 Å². The van der Waals surface area contributed by atoms with Gasteiger partial charge >= 0.3 is 5.97 Å². The van der Waals surface area contributed by atoms with Gasteiger partial charge in [-0.2, -0.15) is 0 Å². The van der Waals surface area contributed by atoms with Crippen molar-refractivity contribution in [3.05, 3.63) is 0 Å². The van der Waals surface area contributed by atoms with Crippen molar-refractivity contribution < 1.29 is 19.1 Å². The molecule has 0 radical (unpaired) electrons. The molecule has 1 atom stereocenters. The van der Waals surface area contributed by atoms with Crippen molar-refractivity contribution in [2.75, 3.05) is 20.3 Å². The Hall–Kier alpha value is -0.650. The van der Waals surface area contributed by atoms with Crippen molar-refractivity contribution in [3.63, 3.8) is 0 Å². The molecule has 0 fully saturated rings. The van der Waals surface area contributed by atoms with Gasteiger partial charge in [0.25, 0.3) is 0 Å². The molecular formula is C6H13NO4. The van der Waals surface area contributed by atoms with Crippen molar-refractivity contribution in [1.82, 2.24) is 0 Å². The van der Waals surface area contributed by atoms with Crippen molar-refractivity contribution in [1.29, 1.82) is 0 Å². The molecule has 0 bridgehead atoms. The summed E-state index contributed by atoms with van der Waals surface area (Å²) in [5, 5.41) is 0. The third-order valence-electron chi connectivity index (χ3n) is 0.935. The van der Waals surface area contributed by atoms with Gasteiger partial charge in [-0.1, -0.05) is 0 Å². The third kappa shape index (κ3) is 5.78. The molecule has 66 valence electrons. The van der Waals surface area contributed by atoms with Crippen LogP contribution in [0.4, 0.5) is 0 Å². The second kappa shape index (κ2) is 6.09. The fourth-order valence-electron chi connectivity index (χ4n) is 0.595. The summed E-state index contributed by atoms with van der Waals surface area (Å²) in [6.07, 6.45) is -0.261. The minimum atomic E-state index is -0.489. The highest BCUT2D eigenvalue weighted by atomic mass is 16.6. The van der Waals surface area contributed by atoms with E-state index in [-0.39, 0.29) is 12.7 Å². The van der Waals surface area contributed by atoms with E-state index < -0.39 is 5.97 Å². The highest BCUT2D eigenvalue weighted by molar-refractivity contribution is 5.70. The lowest BCUT2D eigenvalue weighted by Gasteiger charge is -2.10. The molecule has 0 aliphatic carbocycles. The van der Waals surface area contributed by atoms with Crippen molar-refractivity contribution in [3.8, 4) is 0 Å². The predicted molar refractivity (Wildman–Crippen MR) is 37.6 cm³/mol. The average molecular weight is 163 g/mol. The van der Waals surface area contributed by atoms with Gasteiger partial charge < -0.3 is 9.47 Å². The zero-order valence-corrected chi connectivity index (χ0v) is 6.70. The number of ether oxygens (including phenoxy) is 2. The molecule has 0 heterocycles. The first-order chi connectivity index (χ1) is 5.20. The molecule has 2 N–H and O–H groups in total. The molecule has 11 heavy (non-hydrogen) atoms. The minimum Gasteiger partial charge on any atom is -0.458 e. The van der Waals surface area contributed by atoms with E-state index in [2.05, 4.69) is 10.7 Å². The summed E-state index contributed by atoms with van der Waals surface area (Å²) in [5.74, 6) is 4.16. The minimum absolute atomic E-state index is 0.228. The second-order valence-corrected chi connectivity index (χ2v) is 2.07. The van der Waals surface area contributed by atoms with E-state index in [1.807, 2.05) is 0 Å². The first-order valence-corrected chi connectivity index (χ1v) is 3.20. The molecule has 0 aliphatic rings. The Bertz CT molecular complexity index is 117. The Labute approximate surface area is 65.4 Å². The third-order valence-corrected chi connectivity index (χ3v) is 0.935. The molecule has 0 saturated carbocycles. The quantitative estimate of drug-likeness (QED) is 0.435. The number of carbonyl (C=O) groups excluding carboxylic acids is 1. The number of rotatable bonds is 5. The summed E-state index contributed by atoms with van der Waals surface area (Å²) in [6.45, 7) is 1.86. The second-order valence-electron chi connectivity index (χ2n) is 2.07. The van der Waals surface area contributed by atoms with Crippen LogP contribution in [-0.4, -0.2) is 32.4 Å². The number of methoxy groups -OCH3 is 1. The van der Waals surface area contributed by atoms with Gasteiger partial charge in [0.05, 0.1) is 6.61 Å². The molecule has 5 heteroatoms. The molecule has 0 aromatic carbocycles. The normalized spacial score (nSPS) is 12.6. The Morgan fingerprint density at radius 1 is 1.64 bits per heavy atom. The van der Waals surface area contributed by atoms with Crippen LogP contribution >= 0.6 is 0 Å². The molecule has 0 amide bonds. The number of hydrogen-bond donors (Lipinski definition) is 1. The van der Waals surface area contributed by atoms with E-state index in [1.165, 1.54) is 7.11 Å². The molecule has 5 nitrogen and oxygen atoms in total. The summed E-state index contributed by atoms with van der Waals surface area (Å²) in [4.78, 5) is 14.7. The van der Waals surface area contributed by atoms with Gasteiger partial charge in [0.15, 0.2) is 6.61 Å². The Balaban J connectivity index is 3.40. The molecule has 1 unspecified atom stereocenters. The average Bonchev–Trinajstić information content (AvgIpc) is 1.87. The van der Waals surface area contributed by atoms with Crippen molar-refractivity contribution >= 4 is 5.97 Å². The molecule has 0 spiro atoms. The number of hydrogen-bond acceptors (Lipinski definition) is 5. The van der Waals surface area contributed by atoms with Gasteiger partial charge in [-0.3, -0.25) is 4.84 Å².